The normalized spacial score (nSPS) is 10.8. The van der Waals surface area contributed by atoms with Gasteiger partial charge in [0.15, 0.2) is 0 Å². The number of hydrogen-bond donors (Lipinski definition) is 2. The van der Waals surface area contributed by atoms with E-state index in [-0.39, 0.29) is 0 Å². The predicted molar refractivity (Wildman–Crippen MR) is 82.6 cm³/mol. The van der Waals surface area contributed by atoms with Gasteiger partial charge in [0.2, 0.25) is 0 Å². The first-order valence-electron chi connectivity index (χ1n) is 6.74. The monoisotopic (exact) mass is 269 g/mol. The second-order valence-corrected chi connectivity index (χ2v) is 5.22. The standard InChI is InChI=1S/C16H20BNO2/c1-13-6-3-4-8-15(13)12-18(2)11-14-7-5-9-16(10-14)17(19)20/h3-10,19-20H,11-12H2,1-2H3. The van der Waals surface area contributed by atoms with Crippen molar-refractivity contribution in [2.45, 2.75) is 20.0 Å². The average molecular weight is 269 g/mol. The van der Waals surface area contributed by atoms with Crippen LogP contribution in [0.1, 0.15) is 16.7 Å². The Morgan fingerprint density at radius 1 is 1.00 bits per heavy atom. The molecule has 0 aromatic heterocycles. The van der Waals surface area contributed by atoms with Crippen LogP contribution in [0, 0.1) is 6.92 Å². The number of aryl methyl sites for hydroxylation is 1. The molecule has 0 radical (unpaired) electrons. The summed E-state index contributed by atoms with van der Waals surface area (Å²) in [4.78, 5) is 2.21. The summed E-state index contributed by atoms with van der Waals surface area (Å²) in [5.74, 6) is 0. The van der Waals surface area contributed by atoms with Crippen molar-refractivity contribution in [3.63, 3.8) is 0 Å². The van der Waals surface area contributed by atoms with E-state index in [1.807, 2.05) is 24.3 Å². The molecular formula is C16H20BNO2. The zero-order valence-electron chi connectivity index (χ0n) is 12.0. The van der Waals surface area contributed by atoms with Crippen molar-refractivity contribution in [1.29, 1.82) is 0 Å². The molecule has 0 amide bonds. The molecule has 0 bridgehead atoms. The molecule has 20 heavy (non-hydrogen) atoms. The molecule has 0 fully saturated rings. The van der Waals surface area contributed by atoms with Gasteiger partial charge in [-0.05, 0) is 36.1 Å². The van der Waals surface area contributed by atoms with Crippen LogP contribution in [-0.2, 0) is 13.1 Å². The second kappa shape index (κ2) is 6.70. The van der Waals surface area contributed by atoms with Gasteiger partial charge < -0.3 is 10.0 Å². The van der Waals surface area contributed by atoms with Crippen molar-refractivity contribution in [2.75, 3.05) is 7.05 Å². The first kappa shape index (κ1) is 14.8. The number of benzene rings is 2. The molecule has 0 aliphatic heterocycles. The van der Waals surface area contributed by atoms with Gasteiger partial charge in [-0.2, -0.15) is 0 Å². The fourth-order valence-electron chi connectivity index (χ4n) is 2.30. The zero-order valence-corrected chi connectivity index (χ0v) is 12.0. The highest BCUT2D eigenvalue weighted by Crippen LogP contribution is 2.11. The number of rotatable bonds is 5. The van der Waals surface area contributed by atoms with Crippen molar-refractivity contribution in [3.8, 4) is 0 Å². The van der Waals surface area contributed by atoms with E-state index in [0.717, 1.165) is 18.7 Å². The van der Waals surface area contributed by atoms with Crippen LogP contribution in [0.2, 0.25) is 0 Å². The first-order valence-corrected chi connectivity index (χ1v) is 6.74. The lowest BCUT2D eigenvalue weighted by Gasteiger charge is -2.18. The summed E-state index contributed by atoms with van der Waals surface area (Å²) in [6.07, 6.45) is 0. The van der Waals surface area contributed by atoms with Gasteiger partial charge in [-0.25, -0.2) is 0 Å². The lowest BCUT2D eigenvalue weighted by molar-refractivity contribution is 0.318. The SMILES string of the molecule is Cc1ccccc1CN(C)Cc1cccc(B(O)O)c1. The Balaban J connectivity index is 2.03. The van der Waals surface area contributed by atoms with Crippen LogP contribution in [0.15, 0.2) is 48.5 Å². The summed E-state index contributed by atoms with van der Waals surface area (Å²) in [6, 6.07) is 15.8. The molecule has 4 heteroatoms. The average Bonchev–Trinajstić information content (AvgIpc) is 2.41. The molecule has 0 atom stereocenters. The molecule has 0 saturated carbocycles. The molecule has 0 aliphatic rings. The molecular weight excluding hydrogens is 249 g/mol. The van der Waals surface area contributed by atoms with Crippen LogP contribution in [0.5, 0.6) is 0 Å². The summed E-state index contributed by atoms with van der Waals surface area (Å²) in [6.45, 7) is 3.76. The highest BCUT2D eigenvalue weighted by Gasteiger charge is 2.11. The van der Waals surface area contributed by atoms with Crippen molar-refractivity contribution in [2.24, 2.45) is 0 Å². The molecule has 104 valence electrons. The lowest BCUT2D eigenvalue weighted by atomic mass is 9.79. The quantitative estimate of drug-likeness (QED) is 0.804. The molecule has 2 aromatic carbocycles. The minimum atomic E-state index is -1.41. The van der Waals surface area contributed by atoms with E-state index in [4.69, 9.17) is 0 Å². The number of hydrogen-bond acceptors (Lipinski definition) is 3. The molecule has 0 spiro atoms. The molecule has 2 N–H and O–H groups in total. The van der Waals surface area contributed by atoms with Crippen LogP contribution < -0.4 is 5.46 Å². The smallest absolute Gasteiger partial charge is 0.423 e. The maximum Gasteiger partial charge on any atom is 0.488 e. The van der Waals surface area contributed by atoms with E-state index in [1.165, 1.54) is 11.1 Å². The Bertz CT molecular complexity index is 572. The maximum absolute atomic E-state index is 9.20. The van der Waals surface area contributed by atoms with Gasteiger partial charge in [-0.3, -0.25) is 4.90 Å². The van der Waals surface area contributed by atoms with Gasteiger partial charge in [-0.15, -0.1) is 0 Å². The molecule has 0 aliphatic carbocycles. The predicted octanol–water partition coefficient (Wildman–Crippen LogP) is 1.31. The van der Waals surface area contributed by atoms with Crippen molar-refractivity contribution >= 4 is 12.6 Å². The van der Waals surface area contributed by atoms with Gasteiger partial charge in [0.25, 0.3) is 0 Å². The lowest BCUT2D eigenvalue weighted by Crippen LogP contribution is -2.30. The molecule has 3 nitrogen and oxygen atoms in total. The van der Waals surface area contributed by atoms with Gasteiger partial charge in [-0.1, -0.05) is 48.5 Å². The summed E-state index contributed by atoms with van der Waals surface area (Å²) in [5.41, 5.74) is 4.21. The van der Waals surface area contributed by atoms with Crippen molar-refractivity contribution in [1.82, 2.24) is 4.90 Å². The summed E-state index contributed by atoms with van der Waals surface area (Å²) in [7, 11) is 0.658. The highest BCUT2D eigenvalue weighted by molar-refractivity contribution is 6.58. The minimum absolute atomic E-state index is 0.534. The third kappa shape index (κ3) is 3.94. The Labute approximate surface area is 120 Å². The molecule has 0 heterocycles. The van der Waals surface area contributed by atoms with Crippen LogP contribution in [-0.4, -0.2) is 29.1 Å². The van der Waals surface area contributed by atoms with Crippen LogP contribution >= 0.6 is 0 Å². The highest BCUT2D eigenvalue weighted by atomic mass is 16.4. The number of nitrogens with zero attached hydrogens (tertiary/aromatic N) is 1. The Morgan fingerprint density at radius 2 is 1.75 bits per heavy atom. The summed E-state index contributed by atoms with van der Waals surface area (Å²) >= 11 is 0. The van der Waals surface area contributed by atoms with E-state index in [0.29, 0.717) is 5.46 Å². The van der Waals surface area contributed by atoms with Crippen LogP contribution in [0.3, 0.4) is 0 Å². The van der Waals surface area contributed by atoms with E-state index < -0.39 is 7.12 Å². The topological polar surface area (TPSA) is 43.7 Å². The van der Waals surface area contributed by atoms with E-state index >= 15 is 0 Å². The third-order valence-corrected chi connectivity index (χ3v) is 3.40. The molecule has 0 saturated heterocycles. The fourth-order valence-corrected chi connectivity index (χ4v) is 2.30. The first-order chi connectivity index (χ1) is 9.56. The largest absolute Gasteiger partial charge is 0.488 e. The Morgan fingerprint density at radius 3 is 2.45 bits per heavy atom. The Kier molecular flexibility index (Phi) is 4.96. The summed E-state index contributed by atoms with van der Waals surface area (Å²) in [5, 5.41) is 18.4. The maximum atomic E-state index is 9.20. The Hall–Kier alpha value is -1.62. The van der Waals surface area contributed by atoms with E-state index in [1.54, 1.807) is 6.07 Å². The molecule has 0 unspecified atom stereocenters. The van der Waals surface area contributed by atoms with Crippen LogP contribution in [0.4, 0.5) is 0 Å². The zero-order chi connectivity index (χ0) is 14.5. The van der Waals surface area contributed by atoms with Gasteiger partial charge in [0.05, 0.1) is 0 Å². The van der Waals surface area contributed by atoms with E-state index in [9.17, 15) is 10.0 Å². The van der Waals surface area contributed by atoms with Gasteiger partial charge >= 0.3 is 7.12 Å². The van der Waals surface area contributed by atoms with Crippen molar-refractivity contribution < 1.29 is 10.0 Å². The van der Waals surface area contributed by atoms with Crippen molar-refractivity contribution in [3.05, 3.63) is 65.2 Å². The second-order valence-electron chi connectivity index (χ2n) is 5.22. The third-order valence-electron chi connectivity index (χ3n) is 3.40. The van der Waals surface area contributed by atoms with Gasteiger partial charge in [0.1, 0.15) is 0 Å². The fraction of sp³-hybridized carbons (Fsp3) is 0.250. The molecule has 2 aromatic rings. The van der Waals surface area contributed by atoms with Crippen LogP contribution in [0.25, 0.3) is 0 Å². The van der Waals surface area contributed by atoms with Gasteiger partial charge in [0, 0.05) is 13.1 Å². The molecule has 2 rings (SSSR count). The summed E-state index contributed by atoms with van der Waals surface area (Å²) < 4.78 is 0. The minimum Gasteiger partial charge on any atom is -0.423 e. The van der Waals surface area contributed by atoms with E-state index in [2.05, 4.69) is 37.1 Å².